The first-order valence-electron chi connectivity index (χ1n) is 10.1. The number of hydrogen-bond donors (Lipinski definition) is 1. The number of esters is 1. The molecule has 8 heteroatoms. The molecule has 4 rings (SSSR count). The van der Waals surface area contributed by atoms with Crippen molar-refractivity contribution in [3.05, 3.63) is 48.0 Å². The van der Waals surface area contributed by atoms with E-state index in [1.54, 1.807) is 30.3 Å². The molecule has 0 bridgehead atoms. The Morgan fingerprint density at radius 3 is 2.77 bits per heavy atom. The number of anilines is 2. The Kier molecular flexibility index (Phi) is 5.31. The Labute approximate surface area is 180 Å². The third-order valence-corrected chi connectivity index (χ3v) is 5.09. The number of nitrogens with zero attached hydrogens (tertiary/aromatic N) is 1. The van der Waals surface area contributed by atoms with E-state index < -0.39 is 18.0 Å². The summed E-state index contributed by atoms with van der Waals surface area (Å²) in [5.74, 6) is -0.400. The molecule has 0 saturated carbocycles. The topological polar surface area (TPSA) is 94.2 Å². The maximum atomic E-state index is 12.8. The molecule has 0 saturated heterocycles. The fourth-order valence-electron chi connectivity index (χ4n) is 3.77. The van der Waals surface area contributed by atoms with Crippen molar-refractivity contribution >= 4 is 29.2 Å². The number of hydrogen-bond acceptors (Lipinski definition) is 6. The van der Waals surface area contributed by atoms with Gasteiger partial charge in [-0.1, -0.05) is 24.3 Å². The van der Waals surface area contributed by atoms with Crippen molar-refractivity contribution in [1.29, 1.82) is 0 Å². The molecule has 31 heavy (non-hydrogen) atoms. The molecule has 1 atom stereocenters. The number of fused-ring (bicyclic) bond motifs is 2. The van der Waals surface area contributed by atoms with E-state index >= 15 is 0 Å². The van der Waals surface area contributed by atoms with Crippen LogP contribution in [-0.2, 0) is 25.5 Å². The largest absolute Gasteiger partial charge is 0.483 e. The van der Waals surface area contributed by atoms with E-state index in [0.29, 0.717) is 22.9 Å². The summed E-state index contributed by atoms with van der Waals surface area (Å²) in [4.78, 5) is 38.4. The van der Waals surface area contributed by atoms with E-state index in [4.69, 9.17) is 14.2 Å². The lowest BCUT2D eigenvalue weighted by Crippen LogP contribution is -2.47. The van der Waals surface area contributed by atoms with Gasteiger partial charge >= 0.3 is 5.97 Å². The van der Waals surface area contributed by atoms with Gasteiger partial charge in [0.25, 0.3) is 5.91 Å². The van der Waals surface area contributed by atoms with Gasteiger partial charge in [-0.3, -0.25) is 14.5 Å². The molecule has 1 N–H and O–H groups in total. The summed E-state index contributed by atoms with van der Waals surface area (Å²) >= 11 is 0. The minimum atomic E-state index is -1.08. The average molecular weight is 424 g/mol. The van der Waals surface area contributed by atoms with E-state index in [1.165, 1.54) is 11.8 Å². The molecule has 2 aromatic carbocycles. The summed E-state index contributed by atoms with van der Waals surface area (Å²) < 4.78 is 16.8. The molecule has 2 amide bonds. The van der Waals surface area contributed by atoms with Crippen LogP contribution in [0.4, 0.5) is 11.4 Å². The van der Waals surface area contributed by atoms with Gasteiger partial charge in [-0.2, -0.15) is 0 Å². The van der Waals surface area contributed by atoms with Gasteiger partial charge in [0.15, 0.2) is 24.2 Å². The number of ether oxygens (including phenoxy) is 3. The number of carbonyl (C=O) groups is 3. The third kappa shape index (κ3) is 4.33. The molecule has 1 unspecified atom stereocenters. The van der Waals surface area contributed by atoms with Crippen molar-refractivity contribution in [2.24, 2.45) is 0 Å². The monoisotopic (exact) mass is 424 g/mol. The second-order valence-electron chi connectivity index (χ2n) is 8.19. The zero-order chi connectivity index (χ0) is 22.2. The minimum absolute atomic E-state index is 0.141. The van der Waals surface area contributed by atoms with E-state index in [2.05, 4.69) is 5.32 Å². The highest BCUT2D eigenvalue weighted by Gasteiger charge is 2.33. The van der Waals surface area contributed by atoms with Crippen molar-refractivity contribution in [1.82, 2.24) is 0 Å². The van der Waals surface area contributed by atoms with Crippen molar-refractivity contribution in [2.45, 2.75) is 38.9 Å². The maximum absolute atomic E-state index is 12.8. The molecule has 0 aromatic heterocycles. The zero-order valence-electron chi connectivity index (χ0n) is 17.6. The molecule has 8 nitrogen and oxygen atoms in total. The zero-order valence-corrected chi connectivity index (χ0v) is 17.6. The number of carbonyl (C=O) groups excluding carboxylic acids is 3. The highest BCUT2D eigenvalue weighted by Crippen LogP contribution is 2.41. The van der Waals surface area contributed by atoms with Gasteiger partial charge in [-0.25, -0.2) is 4.79 Å². The molecule has 2 aliphatic rings. The second-order valence-corrected chi connectivity index (χ2v) is 8.19. The first kappa shape index (κ1) is 20.7. The number of nitrogens with one attached hydrogen (secondary N) is 1. The smallest absolute Gasteiger partial charge is 0.344 e. The molecule has 0 aliphatic carbocycles. The second kappa shape index (κ2) is 7.94. The predicted octanol–water partition coefficient (Wildman–Crippen LogP) is 2.70. The van der Waals surface area contributed by atoms with Gasteiger partial charge in [-0.05, 0) is 39.0 Å². The first-order valence-corrected chi connectivity index (χ1v) is 10.1. The molecule has 0 spiro atoms. The van der Waals surface area contributed by atoms with Gasteiger partial charge in [0.2, 0.25) is 5.91 Å². The average Bonchev–Trinajstić information content (AvgIpc) is 3.05. The van der Waals surface area contributed by atoms with E-state index in [0.717, 1.165) is 12.0 Å². The fourth-order valence-corrected chi connectivity index (χ4v) is 3.77. The van der Waals surface area contributed by atoms with Crippen LogP contribution in [0.5, 0.6) is 11.5 Å². The molecule has 162 valence electrons. The summed E-state index contributed by atoms with van der Waals surface area (Å²) in [5.41, 5.74) is 1.78. The molecule has 2 aromatic rings. The molecular weight excluding hydrogens is 400 g/mol. The van der Waals surface area contributed by atoms with Gasteiger partial charge in [0.1, 0.15) is 12.1 Å². The van der Waals surface area contributed by atoms with E-state index in [-0.39, 0.29) is 24.7 Å². The summed E-state index contributed by atoms with van der Waals surface area (Å²) in [6, 6.07) is 12.5. The summed E-state index contributed by atoms with van der Waals surface area (Å²) in [7, 11) is 0. The first-order chi connectivity index (χ1) is 14.7. The Hall–Kier alpha value is -3.55. The number of benzene rings is 2. The summed E-state index contributed by atoms with van der Waals surface area (Å²) in [6.07, 6.45) is -0.327. The lowest BCUT2D eigenvalue weighted by atomic mass is 10.0. The SMILES string of the molecule is CC(OC(=O)COc1cccc2c1OC(C)(C)C2)C(=O)N1CC(=O)Nc2ccccc21. The standard InChI is InChI=1S/C23H24N2O6/c1-14(22(28)25-12-19(26)24-16-8-4-5-9-17(16)25)30-20(27)13-29-18-10-6-7-15-11-23(2,3)31-21(15)18/h4-10,14H,11-13H2,1-3H3,(H,24,26). The Morgan fingerprint density at radius 2 is 1.97 bits per heavy atom. The Bertz CT molecular complexity index is 1050. The van der Waals surface area contributed by atoms with Crippen LogP contribution in [0, 0.1) is 0 Å². The Balaban J connectivity index is 1.38. The lowest BCUT2D eigenvalue weighted by Gasteiger charge is -2.30. The normalized spacial score (nSPS) is 17.0. The van der Waals surface area contributed by atoms with Crippen LogP contribution in [0.25, 0.3) is 0 Å². The van der Waals surface area contributed by atoms with Gasteiger partial charge in [0, 0.05) is 12.0 Å². The molecule has 2 aliphatic heterocycles. The minimum Gasteiger partial charge on any atom is -0.483 e. The van der Waals surface area contributed by atoms with Gasteiger partial charge < -0.3 is 19.5 Å². The van der Waals surface area contributed by atoms with Crippen LogP contribution in [0.15, 0.2) is 42.5 Å². The van der Waals surface area contributed by atoms with E-state index in [1.807, 2.05) is 26.0 Å². The van der Waals surface area contributed by atoms with Crippen molar-refractivity contribution in [2.75, 3.05) is 23.4 Å². The van der Waals surface area contributed by atoms with Crippen molar-refractivity contribution in [3.8, 4) is 11.5 Å². The van der Waals surface area contributed by atoms with Crippen LogP contribution in [0.2, 0.25) is 0 Å². The van der Waals surface area contributed by atoms with Crippen LogP contribution in [-0.4, -0.2) is 42.6 Å². The van der Waals surface area contributed by atoms with Crippen molar-refractivity contribution in [3.63, 3.8) is 0 Å². The van der Waals surface area contributed by atoms with Crippen molar-refractivity contribution < 1.29 is 28.6 Å². The quantitative estimate of drug-likeness (QED) is 0.742. The third-order valence-electron chi connectivity index (χ3n) is 5.09. The highest BCUT2D eigenvalue weighted by atomic mass is 16.6. The van der Waals surface area contributed by atoms with Crippen LogP contribution in [0.1, 0.15) is 26.3 Å². The maximum Gasteiger partial charge on any atom is 0.344 e. The summed E-state index contributed by atoms with van der Waals surface area (Å²) in [5, 5.41) is 2.72. The van der Waals surface area contributed by atoms with Crippen LogP contribution < -0.4 is 19.7 Å². The fraction of sp³-hybridized carbons (Fsp3) is 0.348. The lowest BCUT2D eigenvalue weighted by molar-refractivity contribution is -0.155. The number of amides is 2. The molecule has 0 fully saturated rings. The molecule has 2 heterocycles. The Morgan fingerprint density at radius 1 is 1.19 bits per heavy atom. The summed E-state index contributed by atoms with van der Waals surface area (Å²) in [6.45, 7) is 4.93. The highest BCUT2D eigenvalue weighted by molar-refractivity contribution is 6.11. The van der Waals surface area contributed by atoms with Crippen LogP contribution in [0.3, 0.4) is 0 Å². The van der Waals surface area contributed by atoms with Gasteiger partial charge in [-0.15, -0.1) is 0 Å². The molecular formula is C23H24N2O6. The number of para-hydroxylation sites is 3. The molecule has 0 radical (unpaired) electrons. The van der Waals surface area contributed by atoms with E-state index in [9.17, 15) is 14.4 Å². The van der Waals surface area contributed by atoms with Gasteiger partial charge in [0.05, 0.1) is 11.4 Å². The number of rotatable bonds is 5. The predicted molar refractivity (Wildman–Crippen MR) is 113 cm³/mol. The van der Waals surface area contributed by atoms with Crippen LogP contribution >= 0.6 is 0 Å².